The third-order valence-electron chi connectivity index (χ3n) is 5.89. The van der Waals surface area contributed by atoms with Crippen molar-refractivity contribution in [2.75, 3.05) is 36.1 Å². The van der Waals surface area contributed by atoms with Gasteiger partial charge in [-0.3, -0.25) is 9.59 Å². The number of likely N-dealkylation sites (N-methyl/N-ethyl adjacent to an activating group) is 1. The van der Waals surface area contributed by atoms with Crippen LogP contribution in [0.2, 0.25) is 0 Å². The number of aromatic nitrogens is 1. The Morgan fingerprint density at radius 2 is 1.81 bits per heavy atom. The summed E-state index contributed by atoms with van der Waals surface area (Å²) >= 11 is 0. The molecule has 2 aromatic carbocycles. The molecule has 8 nitrogen and oxygen atoms in total. The highest BCUT2D eigenvalue weighted by Crippen LogP contribution is 2.33. The average Bonchev–Trinajstić information content (AvgIpc) is 3.43. The van der Waals surface area contributed by atoms with Crippen LogP contribution in [-0.2, 0) is 6.18 Å². The highest BCUT2D eigenvalue weighted by molar-refractivity contribution is 6.06. The second kappa shape index (κ2) is 10.0. The van der Waals surface area contributed by atoms with Crippen molar-refractivity contribution in [3.05, 3.63) is 70.6 Å². The van der Waals surface area contributed by atoms with Crippen LogP contribution >= 0.6 is 0 Å². The third-order valence-corrected chi connectivity index (χ3v) is 5.89. The molecular weight excluding hydrogens is 475 g/mol. The van der Waals surface area contributed by atoms with Crippen molar-refractivity contribution in [1.29, 1.82) is 0 Å². The molecule has 3 aromatic rings. The molecule has 0 saturated carbocycles. The van der Waals surface area contributed by atoms with Gasteiger partial charge in [-0.15, -0.1) is 0 Å². The van der Waals surface area contributed by atoms with E-state index in [-0.39, 0.29) is 23.0 Å². The van der Waals surface area contributed by atoms with E-state index in [0.717, 1.165) is 25.1 Å². The van der Waals surface area contributed by atoms with Gasteiger partial charge in [-0.1, -0.05) is 11.2 Å². The normalized spacial score (nSPS) is 16.1. The lowest BCUT2D eigenvalue weighted by atomic mass is 10.1. The lowest BCUT2D eigenvalue weighted by Crippen LogP contribution is -2.24. The number of amides is 2. The van der Waals surface area contributed by atoms with Gasteiger partial charge < -0.3 is 25.4 Å². The van der Waals surface area contributed by atoms with Gasteiger partial charge >= 0.3 is 6.18 Å². The summed E-state index contributed by atoms with van der Waals surface area (Å²) in [6.45, 7) is 4.96. The Labute approximate surface area is 205 Å². The Morgan fingerprint density at radius 1 is 1.03 bits per heavy atom. The van der Waals surface area contributed by atoms with E-state index in [0.29, 0.717) is 29.2 Å². The zero-order chi connectivity index (χ0) is 26.0. The van der Waals surface area contributed by atoms with Crippen molar-refractivity contribution >= 4 is 28.9 Å². The highest BCUT2D eigenvalue weighted by atomic mass is 19.4. The van der Waals surface area contributed by atoms with Gasteiger partial charge in [0.1, 0.15) is 5.76 Å². The zero-order valence-corrected chi connectivity index (χ0v) is 20.0. The average molecular weight is 502 g/mol. The number of aryl methyl sites for hydroxylation is 2. The van der Waals surface area contributed by atoms with Gasteiger partial charge in [-0.05, 0) is 69.8 Å². The quantitative estimate of drug-likeness (QED) is 0.443. The Balaban J connectivity index is 1.54. The summed E-state index contributed by atoms with van der Waals surface area (Å²) in [7, 11) is 1.94. The number of nitrogens with one attached hydrogen (secondary N) is 3. The SMILES string of the molecule is Cc1cc(C(=O)Nc2cc(NC(=O)c3cc(NC4CCN(C)C4)cc(C(F)(F)F)c3)ccc2C)no1. The second-order valence-electron chi connectivity index (χ2n) is 8.95. The first kappa shape index (κ1) is 25.2. The molecule has 1 atom stereocenters. The monoisotopic (exact) mass is 501 g/mol. The number of halogens is 3. The fraction of sp³-hybridized carbons (Fsp3) is 0.320. The smallest absolute Gasteiger partial charge is 0.381 e. The molecule has 11 heteroatoms. The topological polar surface area (TPSA) is 99.5 Å². The molecule has 0 radical (unpaired) electrons. The number of anilines is 3. The maximum absolute atomic E-state index is 13.6. The van der Waals surface area contributed by atoms with E-state index in [9.17, 15) is 22.8 Å². The predicted octanol–water partition coefficient (Wildman–Crippen LogP) is 4.93. The van der Waals surface area contributed by atoms with Crippen molar-refractivity contribution in [3.8, 4) is 0 Å². The van der Waals surface area contributed by atoms with Crippen LogP contribution in [0.25, 0.3) is 0 Å². The summed E-state index contributed by atoms with van der Waals surface area (Å²) < 4.78 is 45.6. The highest BCUT2D eigenvalue weighted by Gasteiger charge is 2.32. The first-order valence-electron chi connectivity index (χ1n) is 11.3. The van der Waals surface area contributed by atoms with Crippen LogP contribution in [0.5, 0.6) is 0 Å². The molecule has 1 saturated heterocycles. The molecule has 1 aliphatic heterocycles. The summed E-state index contributed by atoms with van der Waals surface area (Å²) in [6, 6.07) is 9.53. The fourth-order valence-electron chi connectivity index (χ4n) is 3.99. The van der Waals surface area contributed by atoms with Crippen LogP contribution < -0.4 is 16.0 Å². The van der Waals surface area contributed by atoms with E-state index < -0.39 is 23.6 Å². The lowest BCUT2D eigenvalue weighted by Gasteiger charge is -2.18. The second-order valence-corrected chi connectivity index (χ2v) is 8.95. The van der Waals surface area contributed by atoms with Crippen molar-refractivity contribution in [2.24, 2.45) is 0 Å². The molecule has 190 valence electrons. The number of hydrogen-bond donors (Lipinski definition) is 3. The van der Waals surface area contributed by atoms with Crippen LogP contribution in [0.15, 0.2) is 47.0 Å². The third kappa shape index (κ3) is 6.03. The molecule has 1 aromatic heterocycles. The van der Waals surface area contributed by atoms with E-state index in [1.54, 1.807) is 26.0 Å². The van der Waals surface area contributed by atoms with Crippen LogP contribution in [0.1, 0.15) is 44.2 Å². The molecule has 1 fully saturated rings. The minimum Gasteiger partial charge on any atom is -0.381 e. The summed E-state index contributed by atoms with van der Waals surface area (Å²) in [5.41, 5.74) is 0.714. The van der Waals surface area contributed by atoms with Gasteiger partial charge in [0, 0.05) is 41.3 Å². The molecule has 0 bridgehead atoms. The Bertz CT molecular complexity index is 1290. The standard InChI is InChI=1S/C25H26F3N5O3/c1-14-4-5-18(12-21(14)31-24(35)22-8-15(2)36-32-22)30-23(34)16-9-17(25(26,27)28)11-20(10-16)29-19-6-7-33(3)13-19/h4-5,8-12,19,29H,6-7,13H2,1-3H3,(H,30,34)(H,31,35). The minimum atomic E-state index is -4.61. The number of benzene rings is 2. The van der Waals surface area contributed by atoms with Crippen molar-refractivity contribution < 1.29 is 27.3 Å². The number of carbonyl (C=O) groups excluding carboxylic acids is 2. The molecule has 0 spiro atoms. The zero-order valence-electron chi connectivity index (χ0n) is 20.0. The molecule has 2 amide bonds. The number of rotatable bonds is 6. The Hall–Kier alpha value is -3.86. The number of hydrogen-bond acceptors (Lipinski definition) is 6. The first-order chi connectivity index (χ1) is 17.0. The largest absolute Gasteiger partial charge is 0.416 e. The minimum absolute atomic E-state index is 0.00818. The van der Waals surface area contributed by atoms with Gasteiger partial charge in [0.05, 0.1) is 5.56 Å². The van der Waals surface area contributed by atoms with Crippen molar-refractivity contribution in [1.82, 2.24) is 10.1 Å². The maximum atomic E-state index is 13.6. The Morgan fingerprint density at radius 3 is 2.44 bits per heavy atom. The molecule has 1 unspecified atom stereocenters. The summed E-state index contributed by atoms with van der Waals surface area (Å²) in [6.07, 6.45) is -3.82. The molecule has 0 aliphatic carbocycles. The molecular formula is C25H26F3N5O3. The van der Waals surface area contributed by atoms with Crippen molar-refractivity contribution in [2.45, 2.75) is 32.5 Å². The molecule has 4 rings (SSSR count). The molecule has 2 heterocycles. The van der Waals surface area contributed by atoms with Gasteiger partial charge in [0.15, 0.2) is 5.69 Å². The summed E-state index contributed by atoms with van der Waals surface area (Å²) in [5, 5.41) is 12.1. The number of alkyl halides is 3. The van der Waals surface area contributed by atoms with E-state index in [1.807, 2.05) is 7.05 Å². The fourth-order valence-corrected chi connectivity index (χ4v) is 3.99. The van der Waals surface area contributed by atoms with Gasteiger partial charge in [-0.2, -0.15) is 13.2 Å². The van der Waals surface area contributed by atoms with Gasteiger partial charge in [-0.25, -0.2) is 0 Å². The van der Waals surface area contributed by atoms with Gasteiger partial charge in [0.2, 0.25) is 0 Å². The van der Waals surface area contributed by atoms with E-state index in [1.165, 1.54) is 18.2 Å². The van der Waals surface area contributed by atoms with Gasteiger partial charge in [0.25, 0.3) is 11.8 Å². The number of nitrogens with zero attached hydrogens (tertiary/aromatic N) is 2. The first-order valence-corrected chi connectivity index (χ1v) is 11.3. The van der Waals surface area contributed by atoms with E-state index in [4.69, 9.17) is 4.52 Å². The molecule has 1 aliphatic rings. The van der Waals surface area contributed by atoms with Crippen LogP contribution in [-0.4, -0.2) is 48.0 Å². The predicted molar refractivity (Wildman–Crippen MR) is 129 cm³/mol. The molecule has 36 heavy (non-hydrogen) atoms. The van der Waals surface area contributed by atoms with E-state index >= 15 is 0 Å². The number of likely N-dealkylation sites (tertiary alicyclic amines) is 1. The van der Waals surface area contributed by atoms with Crippen LogP contribution in [0.4, 0.5) is 30.2 Å². The Kier molecular flexibility index (Phi) is 7.02. The molecule has 3 N–H and O–H groups in total. The summed E-state index contributed by atoms with van der Waals surface area (Å²) in [4.78, 5) is 27.5. The van der Waals surface area contributed by atoms with Crippen molar-refractivity contribution in [3.63, 3.8) is 0 Å². The number of carbonyl (C=O) groups is 2. The van der Waals surface area contributed by atoms with Crippen LogP contribution in [0.3, 0.4) is 0 Å². The maximum Gasteiger partial charge on any atom is 0.416 e. The van der Waals surface area contributed by atoms with E-state index in [2.05, 4.69) is 26.0 Å². The summed E-state index contributed by atoms with van der Waals surface area (Å²) in [5.74, 6) is -0.724. The lowest BCUT2D eigenvalue weighted by molar-refractivity contribution is -0.137. The van der Waals surface area contributed by atoms with Crippen LogP contribution in [0, 0.1) is 13.8 Å².